The standard InChI is InChI=1S/C34H20ClN3OSe/c1-21-14-16-31(26-11-4-3-10-25(21)26)38(23-9-7-8-22(35)18-23)32-17-15-24(40-32)19-29-33(30(20-36)37-2)27-12-5-6-13-28(27)34(29)39/h3-19H,1H3/b29-19-,33-30-. The van der Waals surface area contributed by atoms with E-state index in [1.165, 1.54) is 10.9 Å². The van der Waals surface area contributed by atoms with E-state index in [-0.39, 0.29) is 26.0 Å². The summed E-state index contributed by atoms with van der Waals surface area (Å²) in [6, 6.07) is 33.7. The second-order valence-electron chi connectivity index (χ2n) is 9.32. The molecule has 6 rings (SSSR count). The minimum atomic E-state index is -0.174. The number of allylic oxidation sites excluding steroid dienone is 3. The molecule has 0 bridgehead atoms. The van der Waals surface area contributed by atoms with Crippen LogP contribution in [0.2, 0.25) is 5.02 Å². The molecule has 0 radical (unpaired) electrons. The summed E-state index contributed by atoms with van der Waals surface area (Å²) in [5.41, 5.74) is 5.08. The summed E-state index contributed by atoms with van der Waals surface area (Å²) in [7, 11) is 0. The van der Waals surface area contributed by atoms with E-state index in [2.05, 4.69) is 47.0 Å². The summed E-state index contributed by atoms with van der Waals surface area (Å²) in [4.78, 5) is 19.1. The van der Waals surface area contributed by atoms with Crippen molar-refractivity contribution in [1.82, 2.24) is 0 Å². The number of nitrogens with zero attached hydrogens (tertiary/aromatic N) is 3. The van der Waals surface area contributed by atoms with Gasteiger partial charge < -0.3 is 0 Å². The molecule has 0 saturated carbocycles. The van der Waals surface area contributed by atoms with Crippen molar-refractivity contribution in [2.75, 3.05) is 4.90 Å². The number of halogens is 1. The summed E-state index contributed by atoms with van der Waals surface area (Å²) in [5.74, 6) is -0.164. The van der Waals surface area contributed by atoms with Crippen LogP contribution in [-0.2, 0) is 0 Å². The number of carbonyl (C=O) groups is 1. The number of hydrogen-bond donors (Lipinski definition) is 0. The van der Waals surface area contributed by atoms with Crippen LogP contribution in [0.4, 0.5) is 15.9 Å². The molecule has 4 nitrogen and oxygen atoms in total. The predicted octanol–water partition coefficient (Wildman–Crippen LogP) is 8.76. The van der Waals surface area contributed by atoms with Gasteiger partial charge in [0.1, 0.15) is 0 Å². The molecular formula is C34H20ClN3OSe. The number of benzene rings is 4. The Morgan fingerprint density at radius 1 is 0.950 bits per heavy atom. The maximum atomic E-state index is 13.4. The quantitative estimate of drug-likeness (QED) is 0.0897. The van der Waals surface area contributed by atoms with Gasteiger partial charge in [0.25, 0.3) is 0 Å². The van der Waals surface area contributed by atoms with E-state index in [4.69, 9.17) is 18.2 Å². The molecule has 0 spiro atoms. The van der Waals surface area contributed by atoms with Gasteiger partial charge in [0.15, 0.2) is 0 Å². The monoisotopic (exact) mass is 601 g/mol. The first kappa shape index (κ1) is 25.6. The fourth-order valence-corrected chi connectivity index (χ4v) is 7.40. The topological polar surface area (TPSA) is 48.5 Å². The molecule has 0 saturated heterocycles. The van der Waals surface area contributed by atoms with E-state index in [1.807, 2.05) is 60.7 Å². The molecule has 1 aliphatic carbocycles. The number of Topliss-reactive ketones (excluding diaryl/α,β-unsaturated/α-hetero) is 1. The van der Waals surface area contributed by atoms with Gasteiger partial charge in [-0.05, 0) is 0 Å². The zero-order chi connectivity index (χ0) is 27.8. The van der Waals surface area contributed by atoms with Crippen LogP contribution >= 0.6 is 11.6 Å². The molecule has 0 atom stereocenters. The van der Waals surface area contributed by atoms with Crippen molar-refractivity contribution < 1.29 is 4.79 Å². The Morgan fingerprint density at radius 3 is 2.45 bits per heavy atom. The molecule has 4 aromatic carbocycles. The summed E-state index contributed by atoms with van der Waals surface area (Å²) in [6.07, 6.45) is 1.85. The third-order valence-corrected chi connectivity index (χ3v) is 9.33. The van der Waals surface area contributed by atoms with Crippen LogP contribution < -0.4 is 4.90 Å². The normalized spacial score (nSPS) is 14.6. The van der Waals surface area contributed by atoms with Gasteiger partial charge in [0, 0.05) is 0 Å². The van der Waals surface area contributed by atoms with Gasteiger partial charge in [-0.3, -0.25) is 0 Å². The van der Waals surface area contributed by atoms with Gasteiger partial charge in [-0.15, -0.1) is 0 Å². The van der Waals surface area contributed by atoms with E-state index in [0.717, 1.165) is 25.8 Å². The Balaban J connectivity index is 1.52. The summed E-state index contributed by atoms with van der Waals surface area (Å²) < 4.78 is 2.05. The molecule has 0 amide bonds. The molecular weight excluding hydrogens is 581 g/mol. The maximum absolute atomic E-state index is 13.4. The van der Waals surface area contributed by atoms with Crippen LogP contribution in [0.15, 0.2) is 108 Å². The van der Waals surface area contributed by atoms with Crippen LogP contribution in [-0.4, -0.2) is 20.3 Å². The molecule has 6 heteroatoms. The zero-order valence-corrected chi connectivity index (χ0v) is 23.8. The second kappa shape index (κ2) is 10.5. The number of aryl methyl sites for hydroxylation is 1. The molecule has 0 aliphatic heterocycles. The van der Waals surface area contributed by atoms with Crippen LogP contribution in [0.25, 0.3) is 27.3 Å². The van der Waals surface area contributed by atoms with Crippen LogP contribution in [0, 0.1) is 24.8 Å². The summed E-state index contributed by atoms with van der Waals surface area (Å²) >= 11 is 6.27. The average molecular weight is 601 g/mol. The number of hydrogen-bond acceptors (Lipinski definition) is 3. The number of fused-ring (bicyclic) bond motifs is 2. The van der Waals surface area contributed by atoms with E-state index in [9.17, 15) is 10.1 Å². The molecule has 0 N–H and O–H groups in total. The molecule has 40 heavy (non-hydrogen) atoms. The Hall–Kier alpha value is -4.64. The third-order valence-electron chi connectivity index (χ3n) is 6.96. The van der Waals surface area contributed by atoms with Crippen molar-refractivity contribution in [2.45, 2.75) is 6.92 Å². The van der Waals surface area contributed by atoms with Gasteiger partial charge in [-0.1, -0.05) is 0 Å². The fraction of sp³-hybridized carbons (Fsp3) is 0.0294. The molecule has 5 aromatic rings. The molecule has 190 valence electrons. The van der Waals surface area contributed by atoms with Crippen molar-refractivity contribution in [3.8, 4) is 6.07 Å². The molecule has 0 unspecified atom stereocenters. The number of anilines is 3. The first-order valence-electron chi connectivity index (χ1n) is 12.5. The van der Waals surface area contributed by atoms with E-state index in [0.29, 0.717) is 27.3 Å². The number of rotatable bonds is 4. The van der Waals surface area contributed by atoms with Gasteiger partial charge in [0.2, 0.25) is 0 Å². The van der Waals surface area contributed by atoms with Crippen LogP contribution in [0.5, 0.6) is 0 Å². The van der Waals surface area contributed by atoms with E-state index in [1.54, 1.807) is 18.2 Å². The Labute approximate surface area is 243 Å². The van der Waals surface area contributed by atoms with Gasteiger partial charge in [-0.2, -0.15) is 0 Å². The Bertz CT molecular complexity index is 1970. The number of nitriles is 1. The van der Waals surface area contributed by atoms with Crippen molar-refractivity contribution in [1.29, 1.82) is 5.26 Å². The van der Waals surface area contributed by atoms with E-state index < -0.39 is 0 Å². The second-order valence-corrected chi connectivity index (χ2v) is 12.0. The number of carbonyl (C=O) groups excluding carboxylic acids is 1. The average Bonchev–Trinajstić information content (AvgIpc) is 3.54. The fourth-order valence-electron chi connectivity index (χ4n) is 5.14. The predicted molar refractivity (Wildman–Crippen MR) is 163 cm³/mol. The summed E-state index contributed by atoms with van der Waals surface area (Å²) in [5, 5.41) is 12.6. The van der Waals surface area contributed by atoms with Crippen molar-refractivity contribution in [2.24, 2.45) is 0 Å². The number of ketones is 1. The van der Waals surface area contributed by atoms with Gasteiger partial charge in [0.05, 0.1) is 0 Å². The third kappa shape index (κ3) is 4.37. The van der Waals surface area contributed by atoms with Crippen LogP contribution in [0.1, 0.15) is 25.9 Å². The summed E-state index contributed by atoms with van der Waals surface area (Å²) in [6.45, 7) is 9.66. The van der Waals surface area contributed by atoms with Gasteiger partial charge in [-0.25, -0.2) is 0 Å². The van der Waals surface area contributed by atoms with Gasteiger partial charge >= 0.3 is 244 Å². The molecule has 1 heterocycles. The molecule has 0 fully saturated rings. The van der Waals surface area contributed by atoms with Crippen molar-refractivity contribution >= 4 is 70.2 Å². The zero-order valence-electron chi connectivity index (χ0n) is 21.4. The van der Waals surface area contributed by atoms with E-state index >= 15 is 0 Å². The molecule has 1 aliphatic rings. The first-order valence-corrected chi connectivity index (χ1v) is 14.6. The van der Waals surface area contributed by atoms with Crippen molar-refractivity contribution in [3.05, 3.63) is 146 Å². The Morgan fingerprint density at radius 2 is 1.70 bits per heavy atom. The van der Waals surface area contributed by atoms with Crippen molar-refractivity contribution in [3.63, 3.8) is 0 Å². The first-order chi connectivity index (χ1) is 19.5. The Kier molecular flexibility index (Phi) is 6.72. The van der Waals surface area contributed by atoms with Crippen LogP contribution in [0.3, 0.4) is 0 Å². The molecule has 1 aromatic heterocycles. The minimum absolute atomic E-state index is 0.0736. The SMILES string of the molecule is [C-]#[N+]/C(C#N)=C1\C(=C\c2ccc(N(c3cccc(Cl)c3)c3ccc(C)c4ccccc34)[se]2)C(=O)c2ccccc21.